The summed E-state index contributed by atoms with van der Waals surface area (Å²) < 4.78 is 1.87. The predicted octanol–water partition coefficient (Wildman–Crippen LogP) is 4.00. The van der Waals surface area contributed by atoms with E-state index in [9.17, 15) is 4.79 Å². The molecule has 2 fully saturated rings. The van der Waals surface area contributed by atoms with Crippen LogP contribution in [0.4, 0.5) is 5.69 Å². The maximum atomic E-state index is 12.4. The van der Waals surface area contributed by atoms with Crippen molar-refractivity contribution in [3.63, 3.8) is 0 Å². The van der Waals surface area contributed by atoms with Gasteiger partial charge in [0.2, 0.25) is 5.91 Å². The van der Waals surface area contributed by atoms with Crippen molar-refractivity contribution in [2.75, 3.05) is 24.5 Å². The fourth-order valence-corrected chi connectivity index (χ4v) is 5.02. The molecule has 7 nitrogen and oxygen atoms in total. The summed E-state index contributed by atoms with van der Waals surface area (Å²) in [4.78, 5) is 19.3. The molecule has 1 aromatic carbocycles. The number of piperidine rings is 1. The fourth-order valence-electron chi connectivity index (χ4n) is 5.02. The number of rotatable bonds is 4. The number of pyridine rings is 1. The molecule has 0 radical (unpaired) electrons. The van der Waals surface area contributed by atoms with Crippen LogP contribution in [-0.4, -0.2) is 45.5 Å². The Hall–Kier alpha value is -3.22. The number of amides is 1. The number of benzene rings is 1. The second-order valence-corrected chi connectivity index (χ2v) is 9.38. The largest absolute Gasteiger partial charge is 0.371 e. The van der Waals surface area contributed by atoms with Gasteiger partial charge in [0.25, 0.3) is 0 Å². The highest BCUT2D eigenvalue weighted by Gasteiger charge is 2.44. The van der Waals surface area contributed by atoms with Crippen LogP contribution in [0.1, 0.15) is 44.7 Å². The van der Waals surface area contributed by atoms with Crippen LogP contribution in [0.15, 0.2) is 42.9 Å². The van der Waals surface area contributed by atoms with Crippen LogP contribution in [0.5, 0.6) is 0 Å². The Labute approximate surface area is 188 Å². The SMILES string of the molecule is Cc1cncc(-c2ccc(-c3cn(C(C)C)nn3)cc2)c1N1CCC2(CCNC2=O)CC1. The molecular formula is C25H30N6O. The minimum absolute atomic E-state index is 0.160. The van der Waals surface area contributed by atoms with Crippen molar-refractivity contribution in [2.45, 2.75) is 46.1 Å². The fraction of sp³-hybridized carbons (Fsp3) is 0.440. The van der Waals surface area contributed by atoms with Gasteiger partial charge in [-0.2, -0.15) is 0 Å². The lowest BCUT2D eigenvalue weighted by Crippen LogP contribution is -2.44. The quantitative estimate of drug-likeness (QED) is 0.677. The number of hydrogen-bond donors (Lipinski definition) is 1. The molecule has 4 heterocycles. The minimum Gasteiger partial charge on any atom is -0.371 e. The molecule has 32 heavy (non-hydrogen) atoms. The summed E-state index contributed by atoms with van der Waals surface area (Å²) in [6, 6.07) is 8.77. The number of nitrogens with zero attached hydrogens (tertiary/aromatic N) is 5. The highest BCUT2D eigenvalue weighted by molar-refractivity contribution is 5.86. The molecule has 2 aromatic heterocycles. The van der Waals surface area contributed by atoms with Gasteiger partial charge >= 0.3 is 0 Å². The Balaban J connectivity index is 1.41. The number of hydrogen-bond acceptors (Lipinski definition) is 5. The smallest absolute Gasteiger partial charge is 0.226 e. The van der Waals surface area contributed by atoms with Crippen molar-refractivity contribution in [1.29, 1.82) is 0 Å². The standard InChI is InChI=1S/C25H30N6O/c1-17(2)31-16-22(28-29-31)20-6-4-19(5-7-20)21-15-26-14-18(3)23(21)30-12-9-25(10-13-30)8-11-27-24(25)32/h4-7,14-17H,8-13H2,1-3H3,(H,27,32). The molecule has 3 aromatic rings. The van der Waals surface area contributed by atoms with E-state index >= 15 is 0 Å². The van der Waals surface area contributed by atoms with E-state index in [1.54, 1.807) is 0 Å². The van der Waals surface area contributed by atoms with Crippen molar-refractivity contribution in [2.24, 2.45) is 5.41 Å². The van der Waals surface area contributed by atoms with Gasteiger partial charge in [0.05, 0.1) is 17.3 Å². The number of anilines is 1. The molecule has 1 spiro atoms. The molecule has 2 aliphatic rings. The molecule has 7 heteroatoms. The first-order chi connectivity index (χ1) is 15.5. The summed E-state index contributed by atoms with van der Waals surface area (Å²) in [5.41, 5.74) is 6.43. The second-order valence-electron chi connectivity index (χ2n) is 9.38. The second kappa shape index (κ2) is 8.04. The van der Waals surface area contributed by atoms with Crippen LogP contribution in [0.3, 0.4) is 0 Å². The Morgan fingerprint density at radius 2 is 1.75 bits per heavy atom. The molecular weight excluding hydrogens is 400 g/mol. The zero-order valence-electron chi connectivity index (χ0n) is 19.0. The molecule has 5 rings (SSSR count). The molecule has 0 bridgehead atoms. The Morgan fingerprint density at radius 3 is 2.38 bits per heavy atom. The third-order valence-electron chi connectivity index (χ3n) is 7.04. The van der Waals surface area contributed by atoms with Crippen molar-refractivity contribution < 1.29 is 4.79 Å². The predicted molar refractivity (Wildman–Crippen MR) is 125 cm³/mol. The number of aryl methyl sites for hydroxylation is 1. The Kier molecular flexibility index (Phi) is 5.19. The molecule has 0 unspecified atom stereocenters. The summed E-state index contributed by atoms with van der Waals surface area (Å²) in [7, 11) is 0. The average Bonchev–Trinajstić information content (AvgIpc) is 3.43. The number of carbonyl (C=O) groups excluding carboxylic acids is 1. The third kappa shape index (κ3) is 3.55. The maximum Gasteiger partial charge on any atom is 0.226 e. The Bertz CT molecular complexity index is 1130. The summed E-state index contributed by atoms with van der Waals surface area (Å²) >= 11 is 0. The lowest BCUT2D eigenvalue weighted by molar-refractivity contribution is -0.128. The maximum absolute atomic E-state index is 12.4. The van der Waals surface area contributed by atoms with Gasteiger partial charge in [0.1, 0.15) is 5.69 Å². The third-order valence-corrected chi connectivity index (χ3v) is 7.04. The van der Waals surface area contributed by atoms with E-state index in [4.69, 9.17) is 0 Å². The van der Waals surface area contributed by atoms with Gasteiger partial charge in [-0.15, -0.1) is 5.10 Å². The highest BCUT2D eigenvalue weighted by atomic mass is 16.2. The van der Waals surface area contributed by atoms with Crippen LogP contribution in [0.2, 0.25) is 0 Å². The zero-order valence-corrected chi connectivity index (χ0v) is 19.0. The Morgan fingerprint density at radius 1 is 1.03 bits per heavy atom. The van der Waals surface area contributed by atoms with Gasteiger partial charge in [0.15, 0.2) is 0 Å². The van der Waals surface area contributed by atoms with Crippen LogP contribution in [0, 0.1) is 12.3 Å². The number of carbonyl (C=O) groups is 1. The highest BCUT2D eigenvalue weighted by Crippen LogP contribution is 2.42. The van der Waals surface area contributed by atoms with E-state index in [-0.39, 0.29) is 17.4 Å². The molecule has 1 amide bonds. The summed E-state index contributed by atoms with van der Waals surface area (Å²) in [5, 5.41) is 11.6. The molecule has 0 aliphatic carbocycles. The normalized spacial score (nSPS) is 17.9. The lowest BCUT2D eigenvalue weighted by atomic mass is 9.77. The summed E-state index contributed by atoms with van der Waals surface area (Å²) in [6.45, 7) is 8.90. The zero-order chi connectivity index (χ0) is 22.3. The van der Waals surface area contributed by atoms with E-state index in [1.807, 2.05) is 23.3 Å². The van der Waals surface area contributed by atoms with Gasteiger partial charge in [-0.25, -0.2) is 4.68 Å². The summed E-state index contributed by atoms with van der Waals surface area (Å²) in [6.07, 6.45) is 8.66. The molecule has 2 saturated heterocycles. The molecule has 0 saturated carbocycles. The number of aromatic nitrogens is 4. The van der Waals surface area contributed by atoms with Crippen molar-refractivity contribution in [3.8, 4) is 22.4 Å². The minimum atomic E-state index is -0.160. The topological polar surface area (TPSA) is 75.9 Å². The van der Waals surface area contributed by atoms with E-state index in [1.165, 1.54) is 11.3 Å². The van der Waals surface area contributed by atoms with E-state index < -0.39 is 0 Å². The van der Waals surface area contributed by atoms with Crippen molar-refractivity contribution in [1.82, 2.24) is 25.3 Å². The van der Waals surface area contributed by atoms with Crippen LogP contribution >= 0.6 is 0 Å². The average molecular weight is 431 g/mol. The van der Waals surface area contributed by atoms with Gasteiger partial charge in [-0.05, 0) is 51.2 Å². The lowest BCUT2D eigenvalue weighted by Gasteiger charge is -2.39. The van der Waals surface area contributed by atoms with Gasteiger partial charge in [-0.3, -0.25) is 9.78 Å². The molecule has 166 valence electrons. The first-order valence-corrected chi connectivity index (χ1v) is 11.5. The number of nitrogens with one attached hydrogen (secondary N) is 1. The van der Waals surface area contributed by atoms with Gasteiger partial charge < -0.3 is 10.2 Å². The van der Waals surface area contributed by atoms with Crippen LogP contribution < -0.4 is 10.2 Å². The molecule has 1 N–H and O–H groups in total. The monoisotopic (exact) mass is 430 g/mol. The van der Waals surface area contributed by atoms with Crippen molar-refractivity contribution >= 4 is 11.6 Å². The van der Waals surface area contributed by atoms with Crippen LogP contribution in [0.25, 0.3) is 22.4 Å². The first kappa shape index (κ1) is 20.7. The summed E-state index contributed by atoms with van der Waals surface area (Å²) in [5.74, 6) is 0.244. The van der Waals surface area contributed by atoms with Crippen molar-refractivity contribution in [3.05, 3.63) is 48.4 Å². The first-order valence-electron chi connectivity index (χ1n) is 11.5. The van der Waals surface area contributed by atoms with Gasteiger partial charge in [0, 0.05) is 49.2 Å². The van der Waals surface area contributed by atoms with E-state index in [0.29, 0.717) is 0 Å². The van der Waals surface area contributed by atoms with Crippen LogP contribution in [-0.2, 0) is 4.79 Å². The van der Waals surface area contributed by atoms with Gasteiger partial charge in [-0.1, -0.05) is 29.5 Å². The van der Waals surface area contributed by atoms with E-state index in [2.05, 4.69) is 70.5 Å². The molecule has 2 aliphatic heterocycles. The molecule has 0 atom stereocenters. The van der Waals surface area contributed by atoms with E-state index in [0.717, 1.165) is 61.3 Å².